The summed E-state index contributed by atoms with van der Waals surface area (Å²) >= 11 is 0. The molecule has 0 aliphatic carbocycles. The highest BCUT2D eigenvalue weighted by Crippen LogP contribution is 2.39. The molecule has 0 unspecified atom stereocenters. The Morgan fingerprint density at radius 2 is 1.41 bits per heavy atom. The van der Waals surface area contributed by atoms with Crippen molar-refractivity contribution in [3.63, 3.8) is 0 Å². The molecule has 2 aromatic carbocycles. The van der Waals surface area contributed by atoms with Crippen molar-refractivity contribution in [3.05, 3.63) is 71.8 Å². The Morgan fingerprint density at radius 3 is 1.93 bits per heavy atom. The molecule has 4 rings (SSSR count). The van der Waals surface area contributed by atoms with Crippen LogP contribution in [0.2, 0.25) is 0 Å². The minimum Gasteiger partial charge on any atom is -0.467 e. The van der Waals surface area contributed by atoms with Crippen LogP contribution < -0.4 is 0 Å². The van der Waals surface area contributed by atoms with Crippen molar-refractivity contribution in [1.29, 1.82) is 0 Å². The molecule has 0 amide bonds. The summed E-state index contributed by atoms with van der Waals surface area (Å²) in [6.45, 7) is 4.33. The number of carbonyl (C=O) groups is 4. The van der Waals surface area contributed by atoms with Gasteiger partial charge in [-0.15, -0.1) is 0 Å². The molecule has 0 bridgehead atoms. The van der Waals surface area contributed by atoms with Gasteiger partial charge in [-0.3, -0.25) is 24.1 Å². The lowest BCUT2D eigenvalue weighted by Crippen LogP contribution is -2.60. The fourth-order valence-corrected chi connectivity index (χ4v) is 4.83. The van der Waals surface area contributed by atoms with Crippen LogP contribution in [0, 0.1) is 0 Å². The number of methoxy groups -OCH3 is 1. The topological polar surface area (TPSA) is 154 Å². The van der Waals surface area contributed by atoms with E-state index in [1.807, 2.05) is 60.7 Å². The normalized spacial score (nSPS) is 26.4. The van der Waals surface area contributed by atoms with Crippen molar-refractivity contribution >= 4 is 29.6 Å². The first kappa shape index (κ1) is 32.7. The average Bonchev–Trinajstić information content (AvgIpc) is 3.33. The van der Waals surface area contributed by atoms with E-state index in [1.165, 1.54) is 34.8 Å². The fraction of sp³-hybridized carbons (Fsp3) is 0.452. The number of hydrogen-bond donors (Lipinski definition) is 0. The molecule has 13 nitrogen and oxygen atoms in total. The third kappa shape index (κ3) is 8.26. The molecule has 2 aliphatic heterocycles. The standard InChI is InChI=1S/C31H35NO12/c1-18(33)38-17-24-26(40-19(2)34)27(41-20(3)35)28-30(42-24)44-31(4,43-28)39-16-23(29(36)37-5)32-25(21-12-8-6-9-13-21)22-14-10-7-11-15-22/h6-15,23-24,26-28,30H,16-17H2,1-5H3/t23-,24+,26+,27-,28+,30+,31-/m0/s1. The third-order valence-electron chi connectivity index (χ3n) is 6.68. The lowest BCUT2D eigenvalue weighted by molar-refractivity contribution is -0.344. The minimum atomic E-state index is -1.83. The zero-order chi connectivity index (χ0) is 31.9. The molecule has 0 aromatic heterocycles. The van der Waals surface area contributed by atoms with Crippen molar-refractivity contribution in [1.82, 2.24) is 0 Å². The molecule has 2 aromatic rings. The van der Waals surface area contributed by atoms with Crippen LogP contribution >= 0.6 is 0 Å². The number of fused-ring (bicyclic) bond motifs is 1. The zero-order valence-electron chi connectivity index (χ0n) is 25.0. The molecular weight excluding hydrogens is 578 g/mol. The molecule has 0 N–H and O–H groups in total. The molecule has 0 spiro atoms. The highest BCUT2D eigenvalue weighted by atomic mass is 16.9. The van der Waals surface area contributed by atoms with E-state index in [2.05, 4.69) is 0 Å². The van der Waals surface area contributed by atoms with Gasteiger partial charge in [0.2, 0.25) is 0 Å². The van der Waals surface area contributed by atoms with Crippen LogP contribution in [0.5, 0.6) is 0 Å². The molecule has 13 heteroatoms. The highest BCUT2D eigenvalue weighted by Gasteiger charge is 2.59. The summed E-state index contributed by atoms with van der Waals surface area (Å²) in [6, 6.07) is 17.5. The number of benzene rings is 2. The monoisotopic (exact) mass is 613 g/mol. The van der Waals surface area contributed by atoms with Gasteiger partial charge in [0.1, 0.15) is 12.7 Å². The lowest BCUT2D eigenvalue weighted by atomic mass is 9.98. The first-order chi connectivity index (χ1) is 21.0. The summed E-state index contributed by atoms with van der Waals surface area (Å²) < 4.78 is 44.9. The number of hydrogen-bond acceptors (Lipinski definition) is 13. The fourth-order valence-electron chi connectivity index (χ4n) is 4.83. The van der Waals surface area contributed by atoms with E-state index in [-0.39, 0.29) is 13.2 Å². The predicted octanol–water partition coefficient (Wildman–Crippen LogP) is 2.32. The summed E-state index contributed by atoms with van der Waals surface area (Å²) in [5, 5.41) is 0. The Hall–Kier alpha value is -4.17. The van der Waals surface area contributed by atoms with Gasteiger partial charge in [-0.2, -0.15) is 0 Å². The molecule has 0 saturated carbocycles. The van der Waals surface area contributed by atoms with Crippen LogP contribution in [0.3, 0.4) is 0 Å². The van der Waals surface area contributed by atoms with Crippen molar-refractivity contribution in [3.8, 4) is 0 Å². The summed E-state index contributed by atoms with van der Waals surface area (Å²) in [5.41, 5.74) is 2.07. The van der Waals surface area contributed by atoms with Gasteiger partial charge in [-0.25, -0.2) is 4.79 Å². The minimum absolute atomic E-state index is 0.323. The van der Waals surface area contributed by atoms with Crippen molar-refractivity contribution in [2.24, 2.45) is 4.99 Å². The van der Waals surface area contributed by atoms with Crippen LogP contribution in [0.25, 0.3) is 0 Å². The molecular formula is C31H35NO12. The van der Waals surface area contributed by atoms with Crippen LogP contribution in [0.1, 0.15) is 38.8 Å². The SMILES string of the molecule is COC(=O)[C@H](CO[C@]1(C)O[C@H]2O[C@H](COC(C)=O)[C@@H](OC(C)=O)[C@H](OC(C)=O)[C@H]2O1)N=C(c1ccccc1)c1ccccc1. The van der Waals surface area contributed by atoms with Gasteiger partial charge in [0.05, 0.1) is 19.4 Å². The second-order valence-electron chi connectivity index (χ2n) is 10.1. The molecule has 44 heavy (non-hydrogen) atoms. The maximum absolute atomic E-state index is 12.9. The summed E-state index contributed by atoms with van der Waals surface area (Å²) in [6.07, 6.45) is -5.79. The molecule has 7 atom stereocenters. The van der Waals surface area contributed by atoms with Gasteiger partial charge in [-0.05, 0) is 0 Å². The van der Waals surface area contributed by atoms with Gasteiger partial charge in [0.25, 0.3) is 5.97 Å². The largest absolute Gasteiger partial charge is 0.467 e. The third-order valence-corrected chi connectivity index (χ3v) is 6.68. The van der Waals surface area contributed by atoms with Gasteiger partial charge in [-0.1, -0.05) is 60.7 Å². The Labute approximate surface area is 254 Å². The number of carbonyl (C=O) groups excluding carboxylic acids is 4. The Balaban J connectivity index is 1.59. The molecule has 2 fully saturated rings. The number of esters is 4. The van der Waals surface area contributed by atoms with E-state index >= 15 is 0 Å². The molecule has 236 valence electrons. The van der Waals surface area contributed by atoms with Crippen molar-refractivity contribution < 1.29 is 57.1 Å². The van der Waals surface area contributed by atoms with E-state index in [9.17, 15) is 19.2 Å². The second-order valence-corrected chi connectivity index (χ2v) is 10.1. The van der Waals surface area contributed by atoms with Crippen LogP contribution in [0.15, 0.2) is 65.7 Å². The quantitative estimate of drug-likeness (QED) is 0.208. The van der Waals surface area contributed by atoms with Crippen LogP contribution in [-0.2, 0) is 57.1 Å². The van der Waals surface area contributed by atoms with E-state index in [0.29, 0.717) is 5.71 Å². The first-order valence-corrected chi connectivity index (χ1v) is 13.9. The van der Waals surface area contributed by atoms with Gasteiger partial charge in [0.15, 0.2) is 30.6 Å². The summed E-state index contributed by atoms with van der Waals surface area (Å²) in [7, 11) is 1.24. The first-order valence-electron chi connectivity index (χ1n) is 13.9. The van der Waals surface area contributed by atoms with E-state index in [0.717, 1.165) is 11.1 Å². The second kappa shape index (κ2) is 14.5. The number of nitrogens with zero attached hydrogens (tertiary/aromatic N) is 1. The summed E-state index contributed by atoms with van der Waals surface area (Å²) in [4.78, 5) is 53.1. The van der Waals surface area contributed by atoms with Gasteiger partial charge >= 0.3 is 23.9 Å². The number of aliphatic imine (C=N–C) groups is 1. The molecule has 2 heterocycles. The van der Waals surface area contributed by atoms with Gasteiger partial charge < -0.3 is 33.2 Å². The maximum atomic E-state index is 12.9. The predicted molar refractivity (Wildman–Crippen MR) is 151 cm³/mol. The van der Waals surface area contributed by atoms with E-state index in [4.69, 9.17) is 42.9 Å². The smallest absolute Gasteiger partial charge is 0.333 e. The molecule has 0 radical (unpaired) electrons. The van der Waals surface area contributed by atoms with Crippen molar-refractivity contribution in [2.45, 2.75) is 70.4 Å². The van der Waals surface area contributed by atoms with Crippen LogP contribution in [0.4, 0.5) is 0 Å². The lowest BCUT2D eigenvalue weighted by Gasteiger charge is -2.40. The number of ether oxygens (including phenoxy) is 8. The van der Waals surface area contributed by atoms with Gasteiger partial charge in [0, 0.05) is 38.8 Å². The average molecular weight is 614 g/mol. The number of rotatable bonds is 11. The van der Waals surface area contributed by atoms with E-state index in [1.54, 1.807) is 0 Å². The zero-order valence-corrected chi connectivity index (χ0v) is 25.0. The Bertz CT molecular complexity index is 1310. The highest BCUT2D eigenvalue weighted by molar-refractivity contribution is 6.13. The van der Waals surface area contributed by atoms with Crippen LogP contribution in [-0.4, -0.2) is 92.6 Å². The Morgan fingerprint density at radius 1 is 0.841 bits per heavy atom. The molecule has 2 saturated heterocycles. The Kier molecular flexibility index (Phi) is 10.8. The maximum Gasteiger partial charge on any atom is 0.333 e. The van der Waals surface area contributed by atoms with Crippen molar-refractivity contribution in [2.75, 3.05) is 20.3 Å². The summed E-state index contributed by atoms with van der Waals surface area (Å²) in [5.74, 6) is -4.47. The molecule has 2 aliphatic rings. The van der Waals surface area contributed by atoms with E-state index < -0.39 is 66.6 Å².